The maximum absolute atomic E-state index is 12.4. The third kappa shape index (κ3) is 6.08. The van der Waals surface area contributed by atoms with Gasteiger partial charge < -0.3 is 10.2 Å². The standard InChI is InChI=1S/C21H23N5O6/c27-20(8-9-22-21(28)17-4-6-18(7-5-17)25(29)30)24-12-10-23(11-13-24)15-16-2-1-3-19(14-16)26(31)32/h1-7,14H,8-13,15H2,(H,22,28). The largest absolute Gasteiger partial charge is 0.352 e. The van der Waals surface area contributed by atoms with Gasteiger partial charge in [0.2, 0.25) is 5.91 Å². The number of piperazine rings is 1. The molecule has 0 aliphatic carbocycles. The summed E-state index contributed by atoms with van der Waals surface area (Å²) >= 11 is 0. The van der Waals surface area contributed by atoms with Gasteiger partial charge in [-0.25, -0.2) is 0 Å². The second-order valence-electron chi connectivity index (χ2n) is 7.39. The van der Waals surface area contributed by atoms with E-state index in [-0.39, 0.29) is 35.8 Å². The zero-order chi connectivity index (χ0) is 23.1. The van der Waals surface area contributed by atoms with Gasteiger partial charge in [0.05, 0.1) is 9.85 Å². The number of non-ortho nitro benzene ring substituents is 2. The summed E-state index contributed by atoms with van der Waals surface area (Å²) in [6.07, 6.45) is 0.156. The van der Waals surface area contributed by atoms with E-state index >= 15 is 0 Å². The van der Waals surface area contributed by atoms with Crippen LogP contribution in [0.3, 0.4) is 0 Å². The number of hydrogen-bond acceptors (Lipinski definition) is 7. The first-order valence-corrected chi connectivity index (χ1v) is 10.1. The minimum atomic E-state index is -0.538. The highest BCUT2D eigenvalue weighted by atomic mass is 16.6. The Balaban J connectivity index is 1.40. The minimum absolute atomic E-state index is 0.0621. The van der Waals surface area contributed by atoms with E-state index in [0.29, 0.717) is 32.7 Å². The Morgan fingerprint density at radius 1 is 0.906 bits per heavy atom. The fraction of sp³-hybridized carbons (Fsp3) is 0.333. The summed E-state index contributed by atoms with van der Waals surface area (Å²) in [6.45, 7) is 3.15. The third-order valence-corrected chi connectivity index (χ3v) is 5.22. The summed E-state index contributed by atoms with van der Waals surface area (Å²) in [7, 11) is 0. The summed E-state index contributed by atoms with van der Waals surface area (Å²) in [5.74, 6) is -0.460. The van der Waals surface area contributed by atoms with Gasteiger partial charge in [-0.05, 0) is 17.7 Å². The average molecular weight is 441 g/mol. The summed E-state index contributed by atoms with van der Waals surface area (Å²) in [5.41, 5.74) is 1.11. The molecule has 0 unspecified atom stereocenters. The highest BCUT2D eigenvalue weighted by Crippen LogP contribution is 2.16. The van der Waals surface area contributed by atoms with Crippen LogP contribution in [0.5, 0.6) is 0 Å². The van der Waals surface area contributed by atoms with Crippen LogP contribution in [-0.2, 0) is 11.3 Å². The lowest BCUT2D eigenvalue weighted by Gasteiger charge is -2.34. The molecule has 0 atom stereocenters. The fourth-order valence-corrected chi connectivity index (χ4v) is 3.46. The van der Waals surface area contributed by atoms with Crippen molar-refractivity contribution in [2.45, 2.75) is 13.0 Å². The number of benzene rings is 2. The first kappa shape index (κ1) is 22.8. The van der Waals surface area contributed by atoms with Crippen molar-refractivity contribution < 1.29 is 19.4 Å². The van der Waals surface area contributed by atoms with Gasteiger partial charge in [0.1, 0.15) is 0 Å². The first-order chi connectivity index (χ1) is 15.3. The van der Waals surface area contributed by atoms with Gasteiger partial charge in [0, 0.05) is 75.5 Å². The molecule has 1 aliphatic heterocycles. The van der Waals surface area contributed by atoms with Gasteiger partial charge in [-0.3, -0.25) is 34.7 Å². The van der Waals surface area contributed by atoms with Crippen LogP contribution < -0.4 is 5.32 Å². The molecule has 1 N–H and O–H groups in total. The van der Waals surface area contributed by atoms with Crippen molar-refractivity contribution in [3.63, 3.8) is 0 Å². The summed E-state index contributed by atoms with van der Waals surface area (Å²) in [4.78, 5) is 49.0. The lowest BCUT2D eigenvalue weighted by molar-refractivity contribution is -0.385. The van der Waals surface area contributed by atoms with E-state index in [9.17, 15) is 29.8 Å². The number of carbonyl (C=O) groups is 2. The quantitative estimate of drug-likeness (QED) is 0.488. The molecule has 11 heteroatoms. The molecule has 1 saturated heterocycles. The van der Waals surface area contributed by atoms with Crippen LogP contribution in [0, 0.1) is 20.2 Å². The van der Waals surface area contributed by atoms with Gasteiger partial charge >= 0.3 is 0 Å². The lowest BCUT2D eigenvalue weighted by Crippen LogP contribution is -2.48. The molecule has 168 valence electrons. The number of nitrogens with one attached hydrogen (secondary N) is 1. The Hall–Kier alpha value is -3.86. The third-order valence-electron chi connectivity index (χ3n) is 5.22. The number of nitro groups is 2. The smallest absolute Gasteiger partial charge is 0.269 e. The molecular weight excluding hydrogens is 418 g/mol. The zero-order valence-electron chi connectivity index (χ0n) is 17.3. The van der Waals surface area contributed by atoms with Crippen LogP contribution in [0.25, 0.3) is 0 Å². The van der Waals surface area contributed by atoms with Crippen LogP contribution in [0.4, 0.5) is 11.4 Å². The SMILES string of the molecule is O=C(NCCC(=O)N1CCN(Cc2cccc([N+](=O)[O-])c2)CC1)c1ccc([N+](=O)[O-])cc1. The van der Waals surface area contributed by atoms with Crippen molar-refractivity contribution in [2.24, 2.45) is 0 Å². The number of carbonyl (C=O) groups excluding carboxylic acids is 2. The maximum atomic E-state index is 12.4. The van der Waals surface area contributed by atoms with E-state index in [0.717, 1.165) is 5.56 Å². The number of rotatable bonds is 8. The summed E-state index contributed by atoms with van der Waals surface area (Å²) < 4.78 is 0. The molecule has 3 rings (SSSR count). The maximum Gasteiger partial charge on any atom is 0.269 e. The van der Waals surface area contributed by atoms with Crippen molar-refractivity contribution in [1.82, 2.24) is 15.1 Å². The van der Waals surface area contributed by atoms with Gasteiger partial charge in [-0.2, -0.15) is 0 Å². The van der Waals surface area contributed by atoms with E-state index < -0.39 is 15.8 Å². The number of hydrogen-bond donors (Lipinski definition) is 1. The van der Waals surface area contributed by atoms with Crippen LogP contribution >= 0.6 is 0 Å². The van der Waals surface area contributed by atoms with Gasteiger partial charge in [0.15, 0.2) is 0 Å². The lowest BCUT2D eigenvalue weighted by atomic mass is 10.1. The Morgan fingerprint density at radius 3 is 2.19 bits per heavy atom. The molecule has 0 saturated carbocycles. The molecule has 0 spiro atoms. The molecule has 1 aliphatic rings. The minimum Gasteiger partial charge on any atom is -0.352 e. The van der Waals surface area contributed by atoms with Gasteiger partial charge in [-0.1, -0.05) is 12.1 Å². The zero-order valence-corrected chi connectivity index (χ0v) is 17.3. The van der Waals surface area contributed by atoms with E-state index in [1.54, 1.807) is 17.0 Å². The number of amides is 2. The highest BCUT2D eigenvalue weighted by molar-refractivity contribution is 5.94. The van der Waals surface area contributed by atoms with Crippen molar-refractivity contribution in [3.05, 3.63) is 79.9 Å². The summed E-state index contributed by atoms with van der Waals surface area (Å²) in [5, 5.41) is 24.2. The molecular formula is C21H23N5O6. The molecule has 11 nitrogen and oxygen atoms in total. The van der Waals surface area contributed by atoms with Crippen molar-refractivity contribution in [2.75, 3.05) is 32.7 Å². The van der Waals surface area contributed by atoms with Crippen LogP contribution in [0.2, 0.25) is 0 Å². The molecule has 1 heterocycles. The predicted molar refractivity (Wildman–Crippen MR) is 115 cm³/mol. The molecule has 0 bridgehead atoms. The molecule has 0 radical (unpaired) electrons. The predicted octanol–water partition coefficient (Wildman–Crippen LogP) is 1.97. The number of nitro benzene ring substituents is 2. The van der Waals surface area contributed by atoms with E-state index in [4.69, 9.17) is 0 Å². The monoisotopic (exact) mass is 441 g/mol. The Morgan fingerprint density at radius 2 is 1.56 bits per heavy atom. The first-order valence-electron chi connectivity index (χ1n) is 10.1. The fourth-order valence-electron chi connectivity index (χ4n) is 3.46. The molecule has 2 amide bonds. The molecule has 1 fully saturated rings. The Bertz CT molecular complexity index is 1000. The van der Waals surface area contributed by atoms with E-state index in [2.05, 4.69) is 10.2 Å². The normalized spacial score (nSPS) is 14.1. The van der Waals surface area contributed by atoms with Crippen molar-refractivity contribution >= 4 is 23.2 Å². The van der Waals surface area contributed by atoms with Gasteiger partial charge in [0.25, 0.3) is 17.3 Å². The average Bonchev–Trinajstić information content (AvgIpc) is 2.79. The second-order valence-corrected chi connectivity index (χ2v) is 7.39. The van der Waals surface area contributed by atoms with Crippen molar-refractivity contribution in [1.29, 1.82) is 0 Å². The van der Waals surface area contributed by atoms with Crippen LogP contribution in [0.1, 0.15) is 22.3 Å². The second kappa shape index (κ2) is 10.4. The van der Waals surface area contributed by atoms with Crippen LogP contribution in [-0.4, -0.2) is 64.2 Å². The topological polar surface area (TPSA) is 139 Å². The van der Waals surface area contributed by atoms with Gasteiger partial charge in [-0.15, -0.1) is 0 Å². The molecule has 0 aromatic heterocycles. The summed E-state index contributed by atoms with van der Waals surface area (Å²) in [6, 6.07) is 11.8. The Labute approximate surface area is 183 Å². The molecule has 32 heavy (non-hydrogen) atoms. The molecule has 2 aromatic rings. The van der Waals surface area contributed by atoms with Crippen molar-refractivity contribution in [3.8, 4) is 0 Å². The Kier molecular flexibility index (Phi) is 7.45. The van der Waals surface area contributed by atoms with Crippen LogP contribution in [0.15, 0.2) is 48.5 Å². The number of nitrogens with zero attached hydrogens (tertiary/aromatic N) is 4. The molecule has 2 aromatic carbocycles. The van der Waals surface area contributed by atoms with E-state index in [1.165, 1.54) is 30.3 Å². The van der Waals surface area contributed by atoms with E-state index in [1.807, 2.05) is 6.07 Å². The highest BCUT2D eigenvalue weighted by Gasteiger charge is 2.21.